The molecule has 2 unspecified atom stereocenters. The number of sulfonamides is 1. The normalized spacial score (nSPS) is 29.6. The van der Waals surface area contributed by atoms with E-state index in [0.717, 1.165) is 25.7 Å². The van der Waals surface area contributed by atoms with E-state index < -0.39 is 16.1 Å². The molecule has 0 radical (unpaired) electrons. The number of nitrogens with one attached hydrogen (secondary N) is 2. The SMILES string of the molecule is COCC1(CS(=O)(=O)NC2CCC(C)NC2=O)CCC1. The highest BCUT2D eigenvalue weighted by Crippen LogP contribution is 2.42. The average Bonchev–Trinajstić information content (AvgIpc) is 2.30. The van der Waals surface area contributed by atoms with E-state index in [1.807, 2.05) is 6.92 Å². The van der Waals surface area contributed by atoms with Gasteiger partial charge in [-0.25, -0.2) is 13.1 Å². The first-order chi connectivity index (χ1) is 9.36. The third-order valence-electron chi connectivity index (χ3n) is 4.28. The highest BCUT2D eigenvalue weighted by Gasteiger charge is 2.42. The van der Waals surface area contributed by atoms with E-state index in [4.69, 9.17) is 4.74 Å². The van der Waals surface area contributed by atoms with Crippen molar-refractivity contribution in [2.45, 2.75) is 51.1 Å². The molecule has 1 aliphatic heterocycles. The summed E-state index contributed by atoms with van der Waals surface area (Å²) in [5.41, 5.74) is -0.265. The van der Waals surface area contributed by atoms with E-state index in [-0.39, 0.29) is 23.1 Å². The van der Waals surface area contributed by atoms with Gasteiger partial charge < -0.3 is 10.1 Å². The molecule has 0 spiro atoms. The summed E-state index contributed by atoms with van der Waals surface area (Å²) in [7, 11) is -1.87. The minimum absolute atomic E-state index is 0.0488. The summed E-state index contributed by atoms with van der Waals surface area (Å²) in [6.07, 6.45) is 4.14. The van der Waals surface area contributed by atoms with Crippen molar-refractivity contribution in [1.29, 1.82) is 0 Å². The molecule has 2 rings (SSSR count). The first-order valence-electron chi connectivity index (χ1n) is 7.15. The van der Waals surface area contributed by atoms with Crippen molar-refractivity contribution in [3.63, 3.8) is 0 Å². The standard InChI is InChI=1S/C13H24N2O4S/c1-10-4-5-11(12(16)14-10)15-20(17,18)9-13(8-19-2)6-3-7-13/h10-11,15H,3-9H2,1-2H3,(H,14,16). The molecule has 0 aromatic carbocycles. The molecule has 0 bridgehead atoms. The summed E-state index contributed by atoms with van der Waals surface area (Å²) in [4.78, 5) is 11.8. The molecule has 0 aromatic heterocycles. The van der Waals surface area contributed by atoms with Crippen LogP contribution >= 0.6 is 0 Å². The van der Waals surface area contributed by atoms with Crippen molar-refractivity contribution in [2.24, 2.45) is 5.41 Å². The van der Waals surface area contributed by atoms with Crippen molar-refractivity contribution in [3.05, 3.63) is 0 Å². The number of hydrogen-bond acceptors (Lipinski definition) is 4. The van der Waals surface area contributed by atoms with Crippen LogP contribution < -0.4 is 10.0 Å². The predicted octanol–water partition coefficient (Wildman–Crippen LogP) is 0.390. The van der Waals surface area contributed by atoms with Gasteiger partial charge in [-0.15, -0.1) is 0 Å². The number of ether oxygens (including phenoxy) is 1. The zero-order valence-corrected chi connectivity index (χ0v) is 13.0. The summed E-state index contributed by atoms with van der Waals surface area (Å²) >= 11 is 0. The van der Waals surface area contributed by atoms with Gasteiger partial charge in [0.25, 0.3) is 0 Å². The summed E-state index contributed by atoms with van der Waals surface area (Å²) in [5, 5.41) is 2.78. The Kier molecular flexibility index (Phi) is 4.71. The number of methoxy groups -OCH3 is 1. The van der Waals surface area contributed by atoms with E-state index in [1.54, 1.807) is 7.11 Å². The van der Waals surface area contributed by atoms with Crippen LogP contribution in [0.1, 0.15) is 39.0 Å². The maximum atomic E-state index is 12.3. The van der Waals surface area contributed by atoms with Crippen LogP contribution in [0.5, 0.6) is 0 Å². The number of carbonyl (C=O) groups excluding carboxylic acids is 1. The van der Waals surface area contributed by atoms with E-state index in [1.165, 1.54) is 0 Å². The van der Waals surface area contributed by atoms with Crippen molar-refractivity contribution in [3.8, 4) is 0 Å². The zero-order valence-electron chi connectivity index (χ0n) is 12.1. The Hall–Kier alpha value is -0.660. The summed E-state index contributed by atoms with van der Waals surface area (Å²) in [5.74, 6) is -0.172. The lowest BCUT2D eigenvalue weighted by Gasteiger charge is -2.41. The van der Waals surface area contributed by atoms with Crippen LogP contribution in [-0.2, 0) is 19.6 Å². The highest BCUT2D eigenvalue weighted by atomic mass is 32.2. The number of amides is 1. The lowest BCUT2D eigenvalue weighted by atomic mass is 9.71. The summed E-state index contributed by atoms with van der Waals surface area (Å²) in [6.45, 7) is 2.38. The second-order valence-electron chi connectivity index (χ2n) is 6.20. The Labute approximate surface area is 120 Å². The molecule has 2 aliphatic rings. The monoisotopic (exact) mass is 304 g/mol. The van der Waals surface area contributed by atoms with Crippen LogP contribution in [0.15, 0.2) is 0 Å². The van der Waals surface area contributed by atoms with Gasteiger partial charge in [0, 0.05) is 18.6 Å². The van der Waals surface area contributed by atoms with Gasteiger partial charge in [0.1, 0.15) is 6.04 Å². The van der Waals surface area contributed by atoms with Crippen LogP contribution in [0.4, 0.5) is 0 Å². The summed E-state index contributed by atoms with van der Waals surface area (Å²) < 4.78 is 32.2. The molecule has 1 saturated carbocycles. The third kappa shape index (κ3) is 3.71. The first-order valence-corrected chi connectivity index (χ1v) is 8.80. The Bertz CT molecular complexity index is 459. The molecule has 2 atom stereocenters. The van der Waals surface area contributed by atoms with Gasteiger partial charge in [-0.2, -0.15) is 0 Å². The smallest absolute Gasteiger partial charge is 0.238 e. The molecular weight excluding hydrogens is 280 g/mol. The molecule has 2 fully saturated rings. The molecule has 7 heteroatoms. The van der Waals surface area contributed by atoms with E-state index in [2.05, 4.69) is 10.0 Å². The van der Waals surface area contributed by atoms with Crippen molar-refractivity contribution < 1.29 is 17.9 Å². The Morgan fingerprint density at radius 1 is 1.40 bits per heavy atom. The van der Waals surface area contributed by atoms with Crippen molar-refractivity contribution in [1.82, 2.24) is 10.0 Å². The average molecular weight is 304 g/mol. The highest BCUT2D eigenvalue weighted by molar-refractivity contribution is 7.89. The molecular formula is C13H24N2O4S. The van der Waals surface area contributed by atoms with Crippen LogP contribution in [0.2, 0.25) is 0 Å². The maximum Gasteiger partial charge on any atom is 0.238 e. The minimum atomic E-state index is -3.46. The van der Waals surface area contributed by atoms with Gasteiger partial charge >= 0.3 is 0 Å². The van der Waals surface area contributed by atoms with Gasteiger partial charge in [0.2, 0.25) is 15.9 Å². The molecule has 20 heavy (non-hydrogen) atoms. The third-order valence-corrected chi connectivity index (χ3v) is 5.91. The van der Waals surface area contributed by atoms with Gasteiger partial charge in [0.15, 0.2) is 0 Å². The summed E-state index contributed by atoms with van der Waals surface area (Å²) in [6, 6.07) is -0.509. The lowest BCUT2D eigenvalue weighted by Crippen LogP contribution is -2.55. The first kappa shape index (κ1) is 15.7. The fourth-order valence-electron chi connectivity index (χ4n) is 3.05. The predicted molar refractivity (Wildman–Crippen MR) is 75.7 cm³/mol. The Balaban J connectivity index is 1.95. The molecule has 0 aromatic rings. The molecule has 2 N–H and O–H groups in total. The minimum Gasteiger partial charge on any atom is -0.384 e. The molecule has 6 nitrogen and oxygen atoms in total. The number of rotatable bonds is 6. The largest absolute Gasteiger partial charge is 0.384 e. The van der Waals surface area contributed by atoms with Crippen molar-refractivity contribution >= 4 is 15.9 Å². The second-order valence-corrected chi connectivity index (χ2v) is 7.96. The number of piperidine rings is 1. The fraction of sp³-hybridized carbons (Fsp3) is 0.923. The topological polar surface area (TPSA) is 84.5 Å². The van der Waals surface area contributed by atoms with Crippen LogP contribution in [0.3, 0.4) is 0 Å². The molecule has 116 valence electrons. The maximum absolute atomic E-state index is 12.3. The van der Waals surface area contributed by atoms with Gasteiger partial charge in [-0.1, -0.05) is 6.42 Å². The van der Waals surface area contributed by atoms with Gasteiger partial charge in [0.05, 0.1) is 12.4 Å². The van der Waals surface area contributed by atoms with E-state index in [0.29, 0.717) is 13.0 Å². The number of hydrogen-bond donors (Lipinski definition) is 2. The van der Waals surface area contributed by atoms with Crippen molar-refractivity contribution in [2.75, 3.05) is 19.5 Å². The van der Waals surface area contributed by atoms with Crippen LogP contribution in [-0.4, -0.2) is 45.9 Å². The second kappa shape index (κ2) is 5.99. The quantitative estimate of drug-likeness (QED) is 0.743. The van der Waals surface area contributed by atoms with E-state index in [9.17, 15) is 13.2 Å². The van der Waals surface area contributed by atoms with Crippen LogP contribution in [0.25, 0.3) is 0 Å². The zero-order chi connectivity index (χ0) is 14.8. The molecule has 1 heterocycles. The lowest BCUT2D eigenvalue weighted by molar-refractivity contribution is -0.125. The van der Waals surface area contributed by atoms with Crippen LogP contribution in [0, 0.1) is 5.41 Å². The van der Waals surface area contributed by atoms with E-state index >= 15 is 0 Å². The fourth-order valence-corrected chi connectivity index (χ4v) is 4.97. The Morgan fingerprint density at radius 2 is 2.10 bits per heavy atom. The Morgan fingerprint density at radius 3 is 2.60 bits per heavy atom. The van der Waals surface area contributed by atoms with Gasteiger partial charge in [-0.05, 0) is 32.6 Å². The van der Waals surface area contributed by atoms with Gasteiger partial charge in [-0.3, -0.25) is 4.79 Å². The molecule has 1 amide bonds. The molecule has 1 aliphatic carbocycles. The molecule has 1 saturated heterocycles. The number of carbonyl (C=O) groups is 1.